The zero-order valence-electron chi connectivity index (χ0n) is 12.6. The number of aromatic nitrogens is 2. The summed E-state index contributed by atoms with van der Waals surface area (Å²) in [5.74, 6) is 0.509. The van der Waals surface area contributed by atoms with E-state index in [0.717, 1.165) is 21.7 Å². The average Bonchev–Trinajstić information content (AvgIpc) is 3.10. The van der Waals surface area contributed by atoms with Crippen molar-refractivity contribution in [2.45, 2.75) is 6.92 Å². The minimum atomic E-state index is -0.263. The van der Waals surface area contributed by atoms with Crippen molar-refractivity contribution in [1.82, 2.24) is 15.3 Å². The van der Waals surface area contributed by atoms with E-state index in [1.807, 2.05) is 48.7 Å². The van der Waals surface area contributed by atoms with E-state index < -0.39 is 0 Å². The van der Waals surface area contributed by atoms with Gasteiger partial charge in [-0.15, -0.1) is 11.3 Å². The third kappa shape index (κ3) is 3.54. The fourth-order valence-corrected chi connectivity index (χ4v) is 2.89. The average molecular weight is 324 g/mol. The minimum Gasteiger partial charge on any atom is -0.338 e. The number of anilines is 1. The Kier molecular flexibility index (Phi) is 4.63. The van der Waals surface area contributed by atoms with Crippen molar-refractivity contribution >= 4 is 23.2 Å². The van der Waals surface area contributed by atoms with E-state index in [1.165, 1.54) is 0 Å². The van der Waals surface area contributed by atoms with E-state index in [1.54, 1.807) is 23.7 Å². The second-order valence-electron chi connectivity index (χ2n) is 4.80. The Bertz CT molecular complexity index is 788. The molecule has 0 unspecified atom stereocenters. The van der Waals surface area contributed by atoms with E-state index in [9.17, 15) is 4.79 Å². The molecule has 0 aliphatic carbocycles. The minimum absolute atomic E-state index is 0.263. The molecule has 0 saturated heterocycles. The molecule has 3 rings (SSSR count). The summed E-state index contributed by atoms with van der Waals surface area (Å²) in [7, 11) is 0. The molecule has 6 heteroatoms. The highest BCUT2D eigenvalue weighted by atomic mass is 32.1. The Labute approximate surface area is 138 Å². The number of carbonyl (C=O) groups is 1. The highest BCUT2D eigenvalue weighted by molar-refractivity contribution is 7.13. The highest BCUT2D eigenvalue weighted by Crippen LogP contribution is 2.34. The third-order valence-corrected chi connectivity index (χ3v) is 4.04. The third-order valence-electron chi connectivity index (χ3n) is 3.23. The molecule has 2 aromatic heterocycles. The predicted octanol–water partition coefficient (Wildman–Crippen LogP) is 4.01. The number of pyridine rings is 1. The number of rotatable bonds is 4. The normalized spacial score (nSPS) is 10.3. The topological polar surface area (TPSA) is 66.9 Å². The van der Waals surface area contributed by atoms with Crippen LogP contribution in [0, 0.1) is 0 Å². The van der Waals surface area contributed by atoms with Crippen LogP contribution >= 0.6 is 11.3 Å². The van der Waals surface area contributed by atoms with Crippen LogP contribution in [0.5, 0.6) is 0 Å². The first kappa shape index (κ1) is 15.2. The number of hydrogen-bond acceptors (Lipinski definition) is 4. The summed E-state index contributed by atoms with van der Waals surface area (Å²) in [5, 5.41) is 8.28. The summed E-state index contributed by atoms with van der Waals surface area (Å²) in [5.41, 5.74) is 2.99. The molecule has 0 saturated carbocycles. The van der Waals surface area contributed by atoms with E-state index in [4.69, 9.17) is 0 Å². The van der Waals surface area contributed by atoms with Gasteiger partial charge >= 0.3 is 6.03 Å². The van der Waals surface area contributed by atoms with Crippen molar-refractivity contribution in [3.63, 3.8) is 0 Å². The standard InChI is InChI=1S/C17H16N4OS/c1-2-18-17(22)21-15-10-13(12-6-4-3-5-7-12)14(11-20-15)16-19-8-9-23-16/h3-11H,2H2,1H3,(H2,18,20,21,22). The Morgan fingerprint density at radius 1 is 1.17 bits per heavy atom. The molecular weight excluding hydrogens is 308 g/mol. The maximum absolute atomic E-state index is 11.7. The molecule has 0 radical (unpaired) electrons. The maximum atomic E-state index is 11.7. The lowest BCUT2D eigenvalue weighted by Crippen LogP contribution is -2.28. The van der Waals surface area contributed by atoms with Gasteiger partial charge in [0.25, 0.3) is 0 Å². The fourth-order valence-electron chi connectivity index (χ4n) is 2.23. The van der Waals surface area contributed by atoms with Crippen LogP contribution < -0.4 is 10.6 Å². The smallest absolute Gasteiger partial charge is 0.320 e. The number of nitrogens with one attached hydrogen (secondary N) is 2. The molecule has 0 fully saturated rings. The van der Waals surface area contributed by atoms with Crippen LogP contribution in [-0.4, -0.2) is 22.5 Å². The Morgan fingerprint density at radius 3 is 2.70 bits per heavy atom. The lowest BCUT2D eigenvalue weighted by molar-refractivity contribution is 0.252. The highest BCUT2D eigenvalue weighted by Gasteiger charge is 2.12. The van der Waals surface area contributed by atoms with Gasteiger partial charge in [0.15, 0.2) is 0 Å². The van der Waals surface area contributed by atoms with Gasteiger partial charge in [-0.2, -0.15) is 0 Å². The molecule has 5 nitrogen and oxygen atoms in total. The first-order valence-corrected chi connectivity index (χ1v) is 8.16. The van der Waals surface area contributed by atoms with E-state index >= 15 is 0 Å². The van der Waals surface area contributed by atoms with Crippen LogP contribution in [0.4, 0.5) is 10.6 Å². The van der Waals surface area contributed by atoms with Crippen LogP contribution in [0.25, 0.3) is 21.7 Å². The van der Waals surface area contributed by atoms with Gasteiger partial charge in [-0.05, 0) is 24.1 Å². The quantitative estimate of drug-likeness (QED) is 0.762. The number of amides is 2. The predicted molar refractivity (Wildman–Crippen MR) is 93.5 cm³/mol. The molecule has 23 heavy (non-hydrogen) atoms. The first-order valence-electron chi connectivity index (χ1n) is 7.28. The zero-order chi connectivity index (χ0) is 16.1. The summed E-state index contributed by atoms with van der Waals surface area (Å²) >= 11 is 1.56. The Morgan fingerprint density at radius 2 is 2.00 bits per heavy atom. The molecule has 0 aliphatic heterocycles. The molecule has 2 heterocycles. The molecule has 2 N–H and O–H groups in total. The van der Waals surface area contributed by atoms with Crippen molar-refractivity contribution in [2.75, 3.05) is 11.9 Å². The number of thiazole rings is 1. The number of benzene rings is 1. The molecule has 0 atom stereocenters. The second kappa shape index (κ2) is 7.02. The van der Waals surface area contributed by atoms with Crippen LogP contribution in [-0.2, 0) is 0 Å². The summed E-state index contributed by atoms with van der Waals surface area (Å²) in [6.07, 6.45) is 3.53. The second-order valence-corrected chi connectivity index (χ2v) is 5.70. The molecule has 3 aromatic rings. The number of nitrogens with zero attached hydrogens (tertiary/aromatic N) is 2. The molecule has 116 valence electrons. The summed E-state index contributed by atoms with van der Waals surface area (Å²) in [6.45, 7) is 2.43. The fraction of sp³-hybridized carbons (Fsp3) is 0.118. The van der Waals surface area contributed by atoms with E-state index in [2.05, 4.69) is 20.6 Å². The van der Waals surface area contributed by atoms with Crippen LogP contribution in [0.2, 0.25) is 0 Å². The maximum Gasteiger partial charge on any atom is 0.320 e. The Hall–Kier alpha value is -2.73. The molecule has 0 aliphatic rings. The summed E-state index contributed by atoms with van der Waals surface area (Å²) in [6, 6.07) is 11.6. The van der Waals surface area contributed by atoms with Gasteiger partial charge in [0.1, 0.15) is 10.8 Å². The molecule has 1 aromatic carbocycles. The number of hydrogen-bond donors (Lipinski definition) is 2. The van der Waals surface area contributed by atoms with Crippen molar-refractivity contribution < 1.29 is 4.79 Å². The van der Waals surface area contributed by atoms with Gasteiger partial charge in [-0.3, -0.25) is 5.32 Å². The monoisotopic (exact) mass is 324 g/mol. The van der Waals surface area contributed by atoms with E-state index in [0.29, 0.717) is 12.4 Å². The molecule has 0 spiro atoms. The summed E-state index contributed by atoms with van der Waals surface area (Å²) in [4.78, 5) is 20.4. The summed E-state index contributed by atoms with van der Waals surface area (Å²) < 4.78 is 0. The van der Waals surface area contributed by atoms with Crippen molar-refractivity contribution in [1.29, 1.82) is 0 Å². The van der Waals surface area contributed by atoms with Crippen LogP contribution in [0.15, 0.2) is 54.2 Å². The van der Waals surface area contributed by atoms with Crippen LogP contribution in [0.3, 0.4) is 0 Å². The Balaban J connectivity index is 2.03. The van der Waals surface area contributed by atoms with Gasteiger partial charge in [0, 0.05) is 29.9 Å². The van der Waals surface area contributed by atoms with Gasteiger partial charge in [0.05, 0.1) is 0 Å². The number of carbonyl (C=O) groups excluding carboxylic acids is 1. The van der Waals surface area contributed by atoms with Gasteiger partial charge in [-0.1, -0.05) is 30.3 Å². The lowest BCUT2D eigenvalue weighted by atomic mass is 10.0. The largest absolute Gasteiger partial charge is 0.338 e. The van der Waals surface area contributed by atoms with Crippen molar-refractivity contribution in [3.8, 4) is 21.7 Å². The van der Waals surface area contributed by atoms with Gasteiger partial charge < -0.3 is 5.32 Å². The number of urea groups is 1. The first-order chi connectivity index (χ1) is 11.3. The molecule has 0 bridgehead atoms. The SMILES string of the molecule is CCNC(=O)Nc1cc(-c2ccccc2)c(-c2nccs2)cn1. The van der Waals surface area contributed by atoms with Crippen molar-refractivity contribution in [3.05, 3.63) is 54.2 Å². The zero-order valence-corrected chi connectivity index (χ0v) is 13.4. The van der Waals surface area contributed by atoms with Crippen molar-refractivity contribution in [2.24, 2.45) is 0 Å². The molecular formula is C17H16N4OS. The van der Waals surface area contributed by atoms with Gasteiger partial charge in [0.2, 0.25) is 0 Å². The lowest BCUT2D eigenvalue weighted by Gasteiger charge is -2.11. The molecule has 2 amide bonds. The van der Waals surface area contributed by atoms with E-state index in [-0.39, 0.29) is 6.03 Å². The van der Waals surface area contributed by atoms with Gasteiger partial charge in [-0.25, -0.2) is 14.8 Å². The van der Waals surface area contributed by atoms with Crippen LogP contribution in [0.1, 0.15) is 6.92 Å².